The van der Waals surface area contributed by atoms with E-state index in [1.54, 1.807) is 7.11 Å². The second-order valence-corrected chi connectivity index (χ2v) is 10.1. The summed E-state index contributed by atoms with van der Waals surface area (Å²) in [5.41, 5.74) is 6.68. The first-order chi connectivity index (χ1) is 17.6. The highest BCUT2D eigenvalue weighted by molar-refractivity contribution is 7.98. The van der Waals surface area contributed by atoms with E-state index in [0.29, 0.717) is 5.92 Å². The van der Waals surface area contributed by atoms with Crippen LogP contribution < -0.4 is 14.8 Å². The molecule has 2 atom stereocenters. The van der Waals surface area contributed by atoms with E-state index in [1.165, 1.54) is 17.3 Å². The summed E-state index contributed by atoms with van der Waals surface area (Å²) < 4.78 is 14.2. The van der Waals surface area contributed by atoms with Crippen molar-refractivity contribution in [1.82, 2.24) is 14.8 Å². The Balaban J connectivity index is 1.58. The average Bonchev–Trinajstić information content (AvgIpc) is 3.34. The summed E-state index contributed by atoms with van der Waals surface area (Å²) >= 11 is 1.53. The van der Waals surface area contributed by atoms with E-state index < -0.39 is 0 Å². The second-order valence-electron chi connectivity index (χ2n) is 9.31. The summed E-state index contributed by atoms with van der Waals surface area (Å²) in [6, 6.07) is 25.0. The second kappa shape index (κ2) is 9.06. The van der Waals surface area contributed by atoms with E-state index in [2.05, 4.69) is 61.6 Å². The van der Waals surface area contributed by atoms with Gasteiger partial charge in [0, 0.05) is 11.1 Å². The highest BCUT2D eigenvalue weighted by Gasteiger charge is 2.41. The summed E-state index contributed by atoms with van der Waals surface area (Å²) in [5.74, 6) is 2.86. The summed E-state index contributed by atoms with van der Waals surface area (Å²) in [4.78, 5) is 4.78. The number of hydrogen-bond acceptors (Lipinski definition) is 6. The number of benzene rings is 3. The first-order valence-corrected chi connectivity index (χ1v) is 13.3. The summed E-state index contributed by atoms with van der Waals surface area (Å²) in [6.45, 7) is 4.42. The molecule has 0 radical (unpaired) electrons. The van der Waals surface area contributed by atoms with Gasteiger partial charge in [-0.15, -0.1) is 5.10 Å². The SMILES string of the molecule is COc1ccc([C@@H]2C3=C(Nc4nc(SC)nn42)c2ccccc2O[C@H]3c2ccc(C(C)C)cc2)cc1. The maximum absolute atomic E-state index is 6.74. The number of para-hydroxylation sites is 1. The molecule has 0 saturated heterocycles. The Bertz CT molecular complexity index is 1440. The zero-order valence-corrected chi connectivity index (χ0v) is 21.5. The molecule has 3 heterocycles. The van der Waals surface area contributed by atoms with Crippen LogP contribution in [0.25, 0.3) is 5.70 Å². The Kier molecular flexibility index (Phi) is 5.72. The lowest BCUT2D eigenvalue weighted by atomic mass is 9.84. The fourth-order valence-electron chi connectivity index (χ4n) is 4.98. The summed E-state index contributed by atoms with van der Waals surface area (Å²) in [6.07, 6.45) is 1.71. The number of hydrogen-bond donors (Lipinski definition) is 1. The lowest BCUT2D eigenvalue weighted by Gasteiger charge is -2.39. The summed E-state index contributed by atoms with van der Waals surface area (Å²) in [5, 5.41) is 9.20. The molecule has 2 aliphatic rings. The predicted molar refractivity (Wildman–Crippen MR) is 144 cm³/mol. The number of aromatic nitrogens is 3. The van der Waals surface area contributed by atoms with Crippen molar-refractivity contribution in [1.29, 1.82) is 0 Å². The van der Waals surface area contributed by atoms with Crippen LogP contribution in [0.1, 0.15) is 54.2 Å². The fraction of sp³-hybridized carbons (Fsp3) is 0.241. The van der Waals surface area contributed by atoms with Crippen molar-refractivity contribution in [2.24, 2.45) is 0 Å². The number of nitrogens with zero attached hydrogens (tertiary/aromatic N) is 3. The first-order valence-electron chi connectivity index (χ1n) is 12.1. The number of nitrogens with one attached hydrogen (secondary N) is 1. The smallest absolute Gasteiger partial charge is 0.227 e. The van der Waals surface area contributed by atoms with Crippen molar-refractivity contribution in [3.63, 3.8) is 0 Å². The molecule has 7 heteroatoms. The molecule has 2 aliphatic heterocycles. The maximum atomic E-state index is 6.74. The van der Waals surface area contributed by atoms with Gasteiger partial charge in [-0.05, 0) is 53.1 Å². The van der Waals surface area contributed by atoms with E-state index in [4.69, 9.17) is 19.6 Å². The van der Waals surface area contributed by atoms with Gasteiger partial charge < -0.3 is 14.8 Å². The topological polar surface area (TPSA) is 61.2 Å². The molecule has 36 heavy (non-hydrogen) atoms. The van der Waals surface area contributed by atoms with E-state index in [0.717, 1.165) is 50.6 Å². The van der Waals surface area contributed by atoms with Gasteiger partial charge in [-0.1, -0.05) is 74.1 Å². The molecule has 0 spiro atoms. The van der Waals surface area contributed by atoms with Crippen molar-refractivity contribution >= 4 is 23.4 Å². The number of fused-ring (bicyclic) bond motifs is 3. The maximum Gasteiger partial charge on any atom is 0.227 e. The molecule has 1 N–H and O–H groups in total. The molecule has 3 aromatic carbocycles. The quantitative estimate of drug-likeness (QED) is 0.311. The third-order valence-electron chi connectivity index (χ3n) is 6.88. The van der Waals surface area contributed by atoms with E-state index in [1.807, 2.05) is 41.3 Å². The first kappa shape index (κ1) is 22.7. The molecule has 6 nitrogen and oxygen atoms in total. The van der Waals surface area contributed by atoms with Crippen LogP contribution in [0.2, 0.25) is 0 Å². The van der Waals surface area contributed by atoms with Gasteiger partial charge in [-0.2, -0.15) is 4.98 Å². The van der Waals surface area contributed by atoms with Crippen molar-refractivity contribution in [2.75, 3.05) is 18.7 Å². The van der Waals surface area contributed by atoms with Gasteiger partial charge in [0.05, 0.1) is 12.8 Å². The molecular formula is C29H28N4O2S. The van der Waals surface area contributed by atoms with Gasteiger partial charge in [-0.3, -0.25) is 0 Å². The van der Waals surface area contributed by atoms with Crippen molar-refractivity contribution < 1.29 is 9.47 Å². The Morgan fingerprint density at radius 3 is 2.39 bits per heavy atom. The molecule has 0 bridgehead atoms. The highest BCUT2D eigenvalue weighted by atomic mass is 32.2. The zero-order chi connectivity index (χ0) is 24.8. The number of thioether (sulfide) groups is 1. The Morgan fingerprint density at radius 1 is 0.972 bits per heavy atom. The van der Waals surface area contributed by atoms with Gasteiger partial charge in [-0.25, -0.2) is 4.68 Å². The Labute approximate surface area is 215 Å². The third kappa shape index (κ3) is 3.75. The Morgan fingerprint density at radius 2 is 1.69 bits per heavy atom. The summed E-state index contributed by atoms with van der Waals surface area (Å²) in [7, 11) is 1.68. The van der Waals surface area contributed by atoms with Crippen LogP contribution in [-0.2, 0) is 0 Å². The lowest BCUT2D eigenvalue weighted by molar-refractivity contribution is 0.223. The molecule has 182 valence electrons. The van der Waals surface area contributed by atoms with Gasteiger partial charge >= 0.3 is 0 Å². The van der Waals surface area contributed by atoms with Crippen LogP contribution >= 0.6 is 11.8 Å². The van der Waals surface area contributed by atoms with Crippen molar-refractivity contribution in [3.8, 4) is 11.5 Å². The standard InChI is InChI=1S/C29H28N4O2S/c1-17(2)18-9-11-20(12-10-18)27-24-25(22-7-5-6-8-23(22)35-27)30-28-31-29(36-4)32-33(28)26(24)19-13-15-21(34-3)16-14-19/h5-17,26-27H,1-4H3,(H,30,31,32)/t26-,27+/m1/s1. The molecule has 0 saturated carbocycles. The average molecular weight is 497 g/mol. The monoisotopic (exact) mass is 496 g/mol. The van der Waals surface area contributed by atoms with Gasteiger partial charge in [0.2, 0.25) is 11.1 Å². The number of ether oxygens (including phenoxy) is 2. The molecule has 0 unspecified atom stereocenters. The fourth-order valence-corrected chi connectivity index (χ4v) is 5.33. The minimum Gasteiger partial charge on any atom is -0.497 e. The molecule has 1 aromatic heterocycles. The molecule has 0 amide bonds. The van der Waals surface area contributed by atoms with Crippen LogP contribution in [0, 0.1) is 0 Å². The highest BCUT2D eigenvalue weighted by Crippen LogP contribution is 2.51. The molecular weight excluding hydrogens is 468 g/mol. The molecule has 0 fully saturated rings. The van der Waals surface area contributed by atoms with Crippen LogP contribution in [-0.4, -0.2) is 28.1 Å². The van der Waals surface area contributed by atoms with Crippen LogP contribution in [0.3, 0.4) is 0 Å². The van der Waals surface area contributed by atoms with Crippen LogP contribution in [0.5, 0.6) is 11.5 Å². The minimum atomic E-state index is -0.286. The predicted octanol–water partition coefficient (Wildman–Crippen LogP) is 6.69. The van der Waals surface area contributed by atoms with Crippen LogP contribution in [0.15, 0.2) is 83.5 Å². The molecule has 0 aliphatic carbocycles. The normalized spacial score (nSPS) is 18.1. The van der Waals surface area contributed by atoms with Crippen molar-refractivity contribution in [3.05, 3.63) is 101 Å². The number of methoxy groups -OCH3 is 1. The van der Waals surface area contributed by atoms with Crippen LogP contribution in [0.4, 0.5) is 5.95 Å². The lowest BCUT2D eigenvalue weighted by Crippen LogP contribution is -2.32. The molecule has 4 aromatic rings. The number of anilines is 1. The third-order valence-corrected chi connectivity index (χ3v) is 7.42. The zero-order valence-electron chi connectivity index (χ0n) is 20.7. The van der Waals surface area contributed by atoms with E-state index in [9.17, 15) is 0 Å². The largest absolute Gasteiger partial charge is 0.497 e. The van der Waals surface area contributed by atoms with Gasteiger partial charge in [0.25, 0.3) is 0 Å². The molecule has 6 rings (SSSR count). The van der Waals surface area contributed by atoms with Gasteiger partial charge in [0.1, 0.15) is 23.6 Å². The Hall–Kier alpha value is -3.71. The number of rotatable bonds is 5. The van der Waals surface area contributed by atoms with E-state index in [-0.39, 0.29) is 12.1 Å². The van der Waals surface area contributed by atoms with Crippen molar-refractivity contribution in [2.45, 2.75) is 37.1 Å². The van der Waals surface area contributed by atoms with Gasteiger partial charge in [0.15, 0.2) is 0 Å². The minimum absolute atomic E-state index is 0.196. The van der Waals surface area contributed by atoms with E-state index >= 15 is 0 Å².